The molecule has 7 heteroatoms. The average molecular weight is 389 g/mol. The first-order chi connectivity index (χ1) is 13.8. The van der Waals surface area contributed by atoms with E-state index < -0.39 is 0 Å². The Labute approximate surface area is 168 Å². The van der Waals surface area contributed by atoms with Gasteiger partial charge in [0.1, 0.15) is 5.69 Å². The van der Waals surface area contributed by atoms with Crippen molar-refractivity contribution in [2.24, 2.45) is 0 Å². The number of pyridine rings is 2. The quantitative estimate of drug-likeness (QED) is 0.539. The predicted octanol–water partition coefficient (Wildman–Crippen LogP) is 4.84. The van der Waals surface area contributed by atoms with E-state index in [9.17, 15) is 4.79 Å². The monoisotopic (exact) mass is 389 g/mol. The number of anilines is 1. The molecule has 0 saturated heterocycles. The van der Waals surface area contributed by atoms with Gasteiger partial charge in [-0.15, -0.1) is 0 Å². The molecule has 0 fully saturated rings. The Morgan fingerprint density at radius 1 is 1.17 bits per heavy atom. The van der Waals surface area contributed by atoms with Crippen LogP contribution in [-0.2, 0) is 0 Å². The van der Waals surface area contributed by atoms with Gasteiger partial charge in [-0.25, -0.2) is 9.67 Å². The topological polar surface area (TPSA) is 85.8 Å². The lowest BCUT2D eigenvalue weighted by molar-refractivity contribution is 0.102. The second-order valence-electron chi connectivity index (χ2n) is 7.45. The van der Waals surface area contributed by atoms with E-state index in [1.807, 2.05) is 51.4 Å². The molecule has 4 aromatic rings. The Balaban J connectivity index is 1.85. The third-order valence-electron chi connectivity index (χ3n) is 4.84. The van der Waals surface area contributed by atoms with E-state index in [0.717, 1.165) is 22.6 Å². The van der Waals surface area contributed by atoms with Crippen molar-refractivity contribution < 1.29 is 9.21 Å². The third kappa shape index (κ3) is 3.40. The number of amides is 1. The lowest BCUT2D eigenvalue weighted by atomic mass is 10.1. The largest absolute Gasteiger partial charge is 0.463 e. The lowest BCUT2D eigenvalue weighted by Gasteiger charge is -2.13. The molecule has 4 rings (SSSR count). The molecule has 0 saturated carbocycles. The predicted molar refractivity (Wildman–Crippen MR) is 112 cm³/mol. The molecule has 0 aromatic carbocycles. The van der Waals surface area contributed by atoms with Gasteiger partial charge in [0, 0.05) is 11.7 Å². The highest BCUT2D eigenvalue weighted by molar-refractivity contribution is 6.13. The number of fused-ring (bicyclic) bond motifs is 1. The first-order valence-corrected chi connectivity index (χ1v) is 9.53. The summed E-state index contributed by atoms with van der Waals surface area (Å²) in [5.41, 5.74) is 5.12. The minimum atomic E-state index is -0.231. The number of aromatic nitrogens is 4. The van der Waals surface area contributed by atoms with Gasteiger partial charge < -0.3 is 9.73 Å². The number of nitrogens with one attached hydrogen (secondary N) is 1. The van der Waals surface area contributed by atoms with Crippen molar-refractivity contribution in [3.05, 3.63) is 59.2 Å². The second kappa shape index (κ2) is 7.16. The number of hydrogen-bond donors (Lipinski definition) is 1. The number of aryl methyl sites for hydroxylation is 3. The lowest BCUT2D eigenvalue weighted by Crippen LogP contribution is -2.15. The van der Waals surface area contributed by atoms with Crippen LogP contribution in [0.15, 0.2) is 41.1 Å². The summed E-state index contributed by atoms with van der Waals surface area (Å²) in [5.74, 6) is 0.368. The van der Waals surface area contributed by atoms with Crippen LogP contribution in [0.1, 0.15) is 47.2 Å². The van der Waals surface area contributed by atoms with Gasteiger partial charge >= 0.3 is 0 Å². The number of hydrogen-bond acceptors (Lipinski definition) is 5. The molecule has 0 spiro atoms. The minimum Gasteiger partial charge on any atom is -0.463 e. The smallest absolute Gasteiger partial charge is 0.256 e. The molecular weight excluding hydrogens is 366 g/mol. The highest BCUT2D eigenvalue weighted by atomic mass is 16.3. The van der Waals surface area contributed by atoms with Crippen LogP contribution in [0.4, 0.5) is 5.69 Å². The van der Waals surface area contributed by atoms with Gasteiger partial charge in [-0.3, -0.25) is 9.78 Å². The van der Waals surface area contributed by atoms with Crippen molar-refractivity contribution in [3.8, 4) is 11.5 Å². The summed E-state index contributed by atoms with van der Waals surface area (Å²) >= 11 is 0. The standard InChI is InChI=1S/C22H23N5O2/c1-12(2)27-21-17(11-23-27)16(10-18(25-21)19-7-6-8-29-19)22(28)26-20-13(3)9-14(4)24-15(20)5/h6-12H,1-5H3,(H,26,28). The van der Waals surface area contributed by atoms with E-state index in [-0.39, 0.29) is 11.9 Å². The normalized spacial score (nSPS) is 11.4. The molecule has 0 bridgehead atoms. The maximum Gasteiger partial charge on any atom is 0.256 e. The fourth-order valence-corrected chi connectivity index (χ4v) is 3.53. The van der Waals surface area contributed by atoms with Crippen molar-refractivity contribution in [2.45, 2.75) is 40.7 Å². The van der Waals surface area contributed by atoms with E-state index in [1.54, 1.807) is 24.6 Å². The molecule has 4 aromatic heterocycles. The van der Waals surface area contributed by atoms with Gasteiger partial charge in [-0.1, -0.05) is 0 Å². The molecule has 0 unspecified atom stereocenters. The minimum absolute atomic E-state index is 0.105. The van der Waals surface area contributed by atoms with Crippen LogP contribution in [0.5, 0.6) is 0 Å². The van der Waals surface area contributed by atoms with Crippen LogP contribution < -0.4 is 5.32 Å². The van der Waals surface area contributed by atoms with E-state index in [1.165, 1.54) is 0 Å². The van der Waals surface area contributed by atoms with E-state index >= 15 is 0 Å². The zero-order valence-electron chi connectivity index (χ0n) is 17.1. The maximum absolute atomic E-state index is 13.3. The maximum atomic E-state index is 13.3. The molecule has 29 heavy (non-hydrogen) atoms. The summed E-state index contributed by atoms with van der Waals surface area (Å²) in [4.78, 5) is 22.5. The molecule has 0 aliphatic heterocycles. The molecule has 1 N–H and O–H groups in total. The number of furan rings is 1. The first kappa shape index (κ1) is 18.9. The van der Waals surface area contributed by atoms with Crippen molar-refractivity contribution in [1.82, 2.24) is 19.7 Å². The summed E-state index contributed by atoms with van der Waals surface area (Å²) in [6, 6.07) is 7.43. The van der Waals surface area contributed by atoms with Gasteiger partial charge in [-0.2, -0.15) is 5.10 Å². The second-order valence-corrected chi connectivity index (χ2v) is 7.45. The Bertz CT molecular complexity index is 1180. The van der Waals surface area contributed by atoms with Gasteiger partial charge in [0.25, 0.3) is 5.91 Å². The fourth-order valence-electron chi connectivity index (χ4n) is 3.53. The van der Waals surface area contributed by atoms with Crippen LogP contribution in [0, 0.1) is 20.8 Å². The Morgan fingerprint density at radius 2 is 1.97 bits per heavy atom. The molecule has 1 amide bonds. The van der Waals surface area contributed by atoms with Gasteiger partial charge in [0.2, 0.25) is 0 Å². The molecule has 0 aliphatic carbocycles. The molecule has 4 heterocycles. The van der Waals surface area contributed by atoms with Crippen molar-refractivity contribution >= 4 is 22.6 Å². The van der Waals surface area contributed by atoms with Crippen LogP contribution in [0.3, 0.4) is 0 Å². The SMILES string of the molecule is Cc1cc(C)c(NC(=O)c2cc(-c3ccco3)nc3c2cnn3C(C)C)c(C)n1. The highest BCUT2D eigenvalue weighted by Gasteiger charge is 2.20. The molecule has 0 radical (unpaired) electrons. The first-order valence-electron chi connectivity index (χ1n) is 9.53. The number of nitrogens with zero attached hydrogens (tertiary/aromatic N) is 4. The molecular formula is C22H23N5O2. The molecule has 148 valence electrons. The van der Waals surface area contributed by atoms with Gasteiger partial charge in [0.05, 0.1) is 34.8 Å². The van der Waals surface area contributed by atoms with Gasteiger partial charge in [0.15, 0.2) is 11.4 Å². The zero-order chi connectivity index (χ0) is 20.7. The van der Waals surface area contributed by atoms with E-state index in [2.05, 4.69) is 15.4 Å². The van der Waals surface area contributed by atoms with Crippen LogP contribution in [-0.4, -0.2) is 25.7 Å². The summed E-state index contributed by atoms with van der Waals surface area (Å²) < 4.78 is 7.32. The Hall–Kier alpha value is -3.48. The van der Waals surface area contributed by atoms with Crippen molar-refractivity contribution in [3.63, 3.8) is 0 Å². The average Bonchev–Trinajstić information content (AvgIpc) is 3.33. The van der Waals surface area contributed by atoms with E-state index in [0.29, 0.717) is 28.1 Å². The Kier molecular flexibility index (Phi) is 4.66. The zero-order valence-corrected chi connectivity index (χ0v) is 17.1. The fraction of sp³-hybridized carbons (Fsp3) is 0.273. The summed E-state index contributed by atoms with van der Waals surface area (Å²) in [5, 5.41) is 8.17. The molecule has 0 aliphatic rings. The van der Waals surface area contributed by atoms with Crippen molar-refractivity contribution in [2.75, 3.05) is 5.32 Å². The van der Waals surface area contributed by atoms with Gasteiger partial charge in [-0.05, 0) is 64.4 Å². The number of rotatable bonds is 4. The summed E-state index contributed by atoms with van der Waals surface area (Å²) in [7, 11) is 0. The molecule has 0 atom stereocenters. The molecule has 7 nitrogen and oxygen atoms in total. The van der Waals surface area contributed by atoms with Crippen LogP contribution >= 0.6 is 0 Å². The third-order valence-corrected chi connectivity index (χ3v) is 4.84. The van der Waals surface area contributed by atoms with Crippen LogP contribution in [0.25, 0.3) is 22.5 Å². The summed E-state index contributed by atoms with van der Waals surface area (Å²) in [6.45, 7) is 9.84. The van der Waals surface area contributed by atoms with Crippen molar-refractivity contribution in [1.29, 1.82) is 0 Å². The van der Waals surface area contributed by atoms with Crippen LogP contribution in [0.2, 0.25) is 0 Å². The Morgan fingerprint density at radius 3 is 2.62 bits per heavy atom. The number of carbonyl (C=O) groups is 1. The van der Waals surface area contributed by atoms with E-state index in [4.69, 9.17) is 9.40 Å². The number of carbonyl (C=O) groups excluding carboxylic acids is 1. The summed E-state index contributed by atoms with van der Waals surface area (Å²) in [6.07, 6.45) is 3.28. The highest BCUT2D eigenvalue weighted by Crippen LogP contribution is 2.28.